The Morgan fingerprint density at radius 1 is 1.17 bits per heavy atom. The second-order valence-corrected chi connectivity index (χ2v) is 7.02. The zero-order valence-corrected chi connectivity index (χ0v) is 16.1. The maximum absolute atomic E-state index is 13.6. The number of halogens is 4. The molecule has 4 aromatic rings. The number of hydrogen-bond acceptors (Lipinski definition) is 4. The van der Waals surface area contributed by atoms with E-state index in [9.17, 15) is 18.0 Å². The number of pyridine rings is 2. The summed E-state index contributed by atoms with van der Waals surface area (Å²) in [4.78, 5) is 27.1. The molecule has 0 radical (unpaired) electrons. The predicted molar refractivity (Wildman–Crippen MR) is 106 cm³/mol. The molecule has 0 bridgehead atoms. The van der Waals surface area contributed by atoms with Gasteiger partial charge in [-0.1, -0.05) is 11.6 Å². The van der Waals surface area contributed by atoms with Crippen molar-refractivity contribution < 1.29 is 18.0 Å². The van der Waals surface area contributed by atoms with E-state index in [1.165, 1.54) is 12.3 Å². The standard InChI is InChI=1S/C20H13ClF3N5O/c1-20(23,24)11-5-16-18(26-8-11)29-17(28-16)14-6-13(2-3-15(14)21)27-19(30)10-4-12(22)9-25-7-10/h2-9H,1H3,(H,27,30)(H,26,28,29). The summed E-state index contributed by atoms with van der Waals surface area (Å²) in [6.07, 6.45) is 3.30. The molecule has 0 atom stereocenters. The first-order valence-corrected chi connectivity index (χ1v) is 9.04. The molecule has 1 amide bonds. The Morgan fingerprint density at radius 2 is 1.97 bits per heavy atom. The van der Waals surface area contributed by atoms with Crippen LogP contribution in [0.4, 0.5) is 18.9 Å². The van der Waals surface area contributed by atoms with Crippen molar-refractivity contribution in [3.63, 3.8) is 0 Å². The summed E-state index contributed by atoms with van der Waals surface area (Å²) >= 11 is 6.26. The van der Waals surface area contributed by atoms with Crippen molar-refractivity contribution in [2.24, 2.45) is 0 Å². The summed E-state index contributed by atoms with van der Waals surface area (Å²) in [6.45, 7) is 0.782. The minimum absolute atomic E-state index is 0.0486. The molecule has 3 heterocycles. The fourth-order valence-electron chi connectivity index (χ4n) is 2.79. The summed E-state index contributed by atoms with van der Waals surface area (Å²) in [5.74, 6) is -3.94. The summed E-state index contributed by atoms with van der Waals surface area (Å²) < 4.78 is 40.4. The maximum atomic E-state index is 13.6. The quantitative estimate of drug-likeness (QED) is 0.466. The number of carbonyl (C=O) groups is 1. The van der Waals surface area contributed by atoms with Gasteiger partial charge in [0, 0.05) is 36.1 Å². The lowest BCUT2D eigenvalue weighted by atomic mass is 10.1. The Labute approximate surface area is 173 Å². The highest BCUT2D eigenvalue weighted by atomic mass is 35.5. The molecule has 152 valence electrons. The molecule has 0 saturated carbocycles. The van der Waals surface area contributed by atoms with Crippen LogP contribution < -0.4 is 5.32 Å². The number of imidazole rings is 1. The second kappa shape index (κ2) is 7.42. The molecule has 4 rings (SSSR count). The van der Waals surface area contributed by atoms with E-state index in [1.54, 1.807) is 18.2 Å². The van der Waals surface area contributed by atoms with Gasteiger partial charge >= 0.3 is 0 Å². The van der Waals surface area contributed by atoms with Crippen molar-refractivity contribution >= 4 is 34.4 Å². The highest BCUT2D eigenvalue weighted by molar-refractivity contribution is 6.33. The third-order valence-corrected chi connectivity index (χ3v) is 4.62. The van der Waals surface area contributed by atoms with Crippen molar-refractivity contribution in [3.05, 3.63) is 70.9 Å². The number of H-pyrrole nitrogens is 1. The van der Waals surface area contributed by atoms with E-state index in [0.717, 1.165) is 25.4 Å². The number of aromatic amines is 1. The Bertz CT molecular complexity index is 1270. The first-order valence-electron chi connectivity index (χ1n) is 8.66. The smallest absolute Gasteiger partial charge is 0.272 e. The van der Waals surface area contributed by atoms with Gasteiger partial charge in [0.2, 0.25) is 0 Å². The number of nitrogens with one attached hydrogen (secondary N) is 2. The Balaban J connectivity index is 1.67. The number of aromatic nitrogens is 4. The van der Waals surface area contributed by atoms with E-state index in [2.05, 4.69) is 25.3 Å². The van der Waals surface area contributed by atoms with Crippen LogP contribution in [0.3, 0.4) is 0 Å². The lowest BCUT2D eigenvalue weighted by Gasteiger charge is -2.08. The van der Waals surface area contributed by atoms with Gasteiger partial charge in [0.15, 0.2) is 5.65 Å². The number of benzene rings is 1. The summed E-state index contributed by atoms with van der Waals surface area (Å²) in [5.41, 5.74) is 1.16. The van der Waals surface area contributed by atoms with E-state index in [-0.39, 0.29) is 16.8 Å². The molecule has 6 nitrogen and oxygen atoms in total. The van der Waals surface area contributed by atoms with E-state index in [1.807, 2.05) is 0 Å². The molecular weight excluding hydrogens is 419 g/mol. The SMILES string of the molecule is CC(F)(F)c1cnc2nc(-c3cc(NC(=O)c4cncc(F)c4)ccc3Cl)[nH]c2c1. The van der Waals surface area contributed by atoms with E-state index in [4.69, 9.17) is 11.6 Å². The van der Waals surface area contributed by atoms with Gasteiger partial charge in [-0.25, -0.2) is 23.1 Å². The molecule has 10 heteroatoms. The molecular formula is C20H13ClF3N5O. The Morgan fingerprint density at radius 3 is 2.70 bits per heavy atom. The van der Waals surface area contributed by atoms with Crippen LogP contribution in [0.2, 0.25) is 5.02 Å². The first-order chi connectivity index (χ1) is 14.2. The fourth-order valence-corrected chi connectivity index (χ4v) is 3.00. The number of carbonyl (C=O) groups excluding carboxylic acids is 1. The topological polar surface area (TPSA) is 83.6 Å². The number of alkyl halides is 2. The number of fused-ring (bicyclic) bond motifs is 1. The third kappa shape index (κ3) is 3.97. The minimum atomic E-state index is -3.04. The summed E-state index contributed by atoms with van der Waals surface area (Å²) in [7, 11) is 0. The van der Waals surface area contributed by atoms with Gasteiger partial charge in [-0.15, -0.1) is 0 Å². The molecule has 1 aromatic carbocycles. The van der Waals surface area contributed by atoms with E-state index in [0.29, 0.717) is 27.6 Å². The Kier molecular flexibility index (Phi) is 4.90. The zero-order chi connectivity index (χ0) is 21.5. The lowest BCUT2D eigenvalue weighted by molar-refractivity contribution is 0.0172. The molecule has 0 aliphatic carbocycles. The van der Waals surface area contributed by atoms with E-state index >= 15 is 0 Å². The molecule has 0 aliphatic rings. The van der Waals surface area contributed by atoms with Gasteiger partial charge < -0.3 is 10.3 Å². The van der Waals surface area contributed by atoms with Crippen LogP contribution in [0, 0.1) is 5.82 Å². The molecule has 0 saturated heterocycles. The van der Waals surface area contributed by atoms with Crippen LogP contribution in [0.5, 0.6) is 0 Å². The average Bonchev–Trinajstić information content (AvgIpc) is 3.12. The lowest BCUT2D eigenvalue weighted by Crippen LogP contribution is -2.12. The van der Waals surface area contributed by atoms with Crippen LogP contribution in [-0.4, -0.2) is 25.8 Å². The highest BCUT2D eigenvalue weighted by Crippen LogP contribution is 2.32. The number of anilines is 1. The highest BCUT2D eigenvalue weighted by Gasteiger charge is 2.25. The fraction of sp³-hybridized carbons (Fsp3) is 0.100. The molecule has 0 spiro atoms. The normalized spacial score (nSPS) is 11.6. The van der Waals surface area contributed by atoms with Crippen molar-refractivity contribution in [3.8, 4) is 11.4 Å². The largest absolute Gasteiger partial charge is 0.337 e. The molecule has 0 aliphatic heterocycles. The van der Waals surface area contributed by atoms with Crippen LogP contribution in [-0.2, 0) is 5.92 Å². The Hall–Kier alpha value is -3.46. The number of amides is 1. The monoisotopic (exact) mass is 431 g/mol. The van der Waals surface area contributed by atoms with Gasteiger partial charge in [-0.05, 0) is 30.3 Å². The summed E-state index contributed by atoms with van der Waals surface area (Å²) in [6, 6.07) is 7.00. The number of nitrogens with zero attached hydrogens (tertiary/aromatic N) is 3. The van der Waals surface area contributed by atoms with Gasteiger partial charge in [-0.3, -0.25) is 9.78 Å². The maximum Gasteiger partial charge on any atom is 0.272 e. The van der Waals surface area contributed by atoms with Crippen molar-refractivity contribution in [2.75, 3.05) is 5.32 Å². The van der Waals surface area contributed by atoms with Crippen LogP contribution in [0.25, 0.3) is 22.6 Å². The second-order valence-electron chi connectivity index (χ2n) is 6.61. The molecule has 0 unspecified atom stereocenters. The first kappa shape index (κ1) is 19.8. The zero-order valence-electron chi connectivity index (χ0n) is 15.4. The van der Waals surface area contributed by atoms with Crippen LogP contribution in [0.15, 0.2) is 48.9 Å². The summed E-state index contributed by atoms with van der Waals surface area (Å²) in [5, 5.41) is 2.94. The van der Waals surface area contributed by atoms with Crippen molar-refractivity contribution in [2.45, 2.75) is 12.8 Å². The van der Waals surface area contributed by atoms with Gasteiger partial charge in [0.25, 0.3) is 11.8 Å². The third-order valence-electron chi connectivity index (χ3n) is 4.29. The van der Waals surface area contributed by atoms with Crippen LogP contribution in [0.1, 0.15) is 22.8 Å². The predicted octanol–water partition coefficient (Wildman–Crippen LogP) is 5.18. The molecule has 30 heavy (non-hydrogen) atoms. The van der Waals surface area contributed by atoms with Gasteiger partial charge in [0.1, 0.15) is 11.6 Å². The molecule has 2 N–H and O–H groups in total. The van der Waals surface area contributed by atoms with Crippen molar-refractivity contribution in [1.29, 1.82) is 0 Å². The average molecular weight is 432 g/mol. The van der Waals surface area contributed by atoms with Crippen LogP contribution >= 0.6 is 11.6 Å². The van der Waals surface area contributed by atoms with E-state index < -0.39 is 17.6 Å². The molecule has 0 fully saturated rings. The molecule has 3 aromatic heterocycles. The van der Waals surface area contributed by atoms with Gasteiger partial charge in [0.05, 0.1) is 22.3 Å². The van der Waals surface area contributed by atoms with Crippen molar-refractivity contribution in [1.82, 2.24) is 19.9 Å². The minimum Gasteiger partial charge on any atom is -0.337 e. The number of hydrogen-bond donors (Lipinski definition) is 2. The van der Waals surface area contributed by atoms with Gasteiger partial charge in [-0.2, -0.15) is 0 Å². The number of rotatable bonds is 4.